The first-order valence-corrected chi connectivity index (χ1v) is 6.59. The Labute approximate surface area is 94.9 Å². The van der Waals surface area contributed by atoms with Crippen LogP contribution < -0.4 is 4.72 Å². The molecular weight excluding hydrogens is 228 g/mol. The first-order valence-electron chi connectivity index (χ1n) is 5.15. The average molecular weight is 242 g/mol. The van der Waals surface area contributed by atoms with Gasteiger partial charge in [-0.05, 0) is 37.1 Å². The van der Waals surface area contributed by atoms with E-state index in [9.17, 15) is 8.42 Å². The van der Waals surface area contributed by atoms with Crippen LogP contribution in [0.4, 0.5) is 5.69 Å². The van der Waals surface area contributed by atoms with Crippen LogP contribution >= 0.6 is 0 Å². The maximum absolute atomic E-state index is 11.8. The number of rotatable bonds is 3. The number of phenols is 1. The second-order valence-corrected chi connectivity index (χ2v) is 5.43. The van der Waals surface area contributed by atoms with Crippen LogP contribution in [0.15, 0.2) is 24.3 Å². The van der Waals surface area contributed by atoms with Crippen molar-refractivity contribution in [3.05, 3.63) is 24.3 Å². The summed E-state index contributed by atoms with van der Waals surface area (Å²) < 4.78 is 27.6. The molecule has 1 fully saturated rings. The molecule has 6 heteroatoms. The molecule has 0 aliphatic carbocycles. The number of nitrogens with one attached hydrogen (secondary N) is 1. The van der Waals surface area contributed by atoms with Crippen LogP contribution in [-0.4, -0.2) is 30.9 Å². The van der Waals surface area contributed by atoms with Gasteiger partial charge in [0, 0.05) is 13.1 Å². The van der Waals surface area contributed by atoms with E-state index in [1.165, 1.54) is 28.6 Å². The van der Waals surface area contributed by atoms with Crippen molar-refractivity contribution in [1.82, 2.24) is 4.31 Å². The van der Waals surface area contributed by atoms with Gasteiger partial charge in [0.15, 0.2) is 0 Å². The Morgan fingerprint density at radius 1 is 1.12 bits per heavy atom. The molecule has 0 amide bonds. The molecule has 0 bridgehead atoms. The Bertz CT molecular complexity index is 449. The fourth-order valence-electron chi connectivity index (χ4n) is 1.67. The third-order valence-corrected chi connectivity index (χ3v) is 4.06. The van der Waals surface area contributed by atoms with Gasteiger partial charge in [-0.15, -0.1) is 0 Å². The van der Waals surface area contributed by atoms with Crippen LogP contribution in [0, 0.1) is 0 Å². The molecule has 5 nitrogen and oxygen atoms in total. The van der Waals surface area contributed by atoms with E-state index in [0.29, 0.717) is 18.8 Å². The molecule has 2 rings (SSSR count). The number of hydrogen-bond acceptors (Lipinski definition) is 3. The average Bonchev–Trinajstić information content (AvgIpc) is 2.75. The smallest absolute Gasteiger partial charge is 0.301 e. The zero-order valence-corrected chi connectivity index (χ0v) is 9.57. The Morgan fingerprint density at radius 3 is 2.25 bits per heavy atom. The van der Waals surface area contributed by atoms with E-state index in [1.807, 2.05) is 0 Å². The zero-order chi connectivity index (χ0) is 11.6. The van der Waals surface area contributed by atoms with E-state index in [1.54, 1.807) is 0 Å². The highest BCUT2D eigenvalue weighted by molar-refractivity contribution is 7.90. The number of phenolic OH excluding ortho intramolecular Hbond substituents is 1. The summed E-state index contributed by atoms with van der Waals surface area (Å²) >= 11 is 0. The first kappa shape index (κ1) is 11.2. The van der Waals surface area contributed by atoms with Crippen molar-refractivity contribution in [2.75, 3.05) is 17.8 Å². The lowest BCUT2D eigenvalue weighted by Gasteiger charge is -2.16. The van der Waals surface area contributed by atoms with Crippen molar-refractivity contribution >= 4 is 15.9 Å². The molecule has 88 valence electrons. The van der Waals surface area contributed by atoms with Gasteiger partial charge in [-0.1, -0.05) is 0 Å². The predicted octanol–water partition coefficient (Wildman–Crippen LogP) is 1.14. The highest BCUT2D eigenvalue weighted by Gasteiger charge is 2.24. The molecule has 0 aromatic heterocycles. The molecule has 1 aliphatic heterocycles. The summed E-state index contributed by atoms with van der Waals surface area (Å²) in [5.74, 6) is 0.115. The lowest BCUT2D eigenvalue weighted by molar-refractivity contribution is 0.475. The van der Waals surface area contributed by atoms with Gasteiger partial charge in [-0.3, -0.25) is 4.72 Å². The van der Waals surface area contributed by atoms with Crippen LogP contribution in [0.5, 0.6) is 5.75 Å². The molecule has 1 saturated heterocycles. The van der Waals surface area contributed by atoms with E-state index >= 15 is 0 Å². The monoisotopic (exact) mass is 242 g/mol. The van der Waals surface area contributed by atoms with Crippen molar-refractivity contribution in [3.8, 4) is 5.75 Å². The van der Waals surface area contributed by atoms with Crippen molar-refractivity contribution in [1.29, 1.82) is 0 Å². The number of nitrogens with zero attached hydrogens (tertiary/aromatic N) is 1. The van der Waals surface area contributed by atoms with Gasteiger partial charge in [0.1, 0.15) is 5.75 Å². The SMILES string of the molecule is O=S(=O)(Nc1ccc(O)cc1)N1CCCC1. The molecular formula is C10H14N2O3S. The summed E-state index contributed by atoms with van der Waals surface area (Å²) in [4.78, 5) is 0. The molecule has 1 aliphatic rings. The van der Waals surface area contributed by atoms with Gasteiger partial charge in [0.25, 0.3) is 0 Å². The minimum atomic E-state index is -3.42. The van der Waals surface area contributed by atoms with E-state index in [4.69, 9.17) is 5.11 Å². The molecule has 0 unspecified atom stereocenters. The zero-order valence-electron chi connectivity index (χ0n) is 8.76. The van der Waals surface area contributed by atoms with E-state index in [2.05, 4.69) is 4.72 Å². The summed E-state index contributed by atoms with van der Waals surface area (Å²) in [6.07, 6.45) is 1.83. The molecule has 0 saturated carbocycles. The third-order valence-electron chi connectivity index (χ3n) is 2.52. The number of aromatic hydroxyl groups is 1. The lowest BCUT2D eigenvalue weighted by atomic mass is 10.3. The van der Waals surface area contributed by atoms with Crippen molar-refractivity contribution in [3.63, 3.8) is 0 Å². The first-order chi connectivity index (χ1) is 7.58. The third kappa shape index (κ3) is 2.45. The van der Waals surface area contributed by atoms with Gasteiger partial charge in [-0.2, -0.15) is 12.7 Å². The second-order valence-electron chi connectivity index (χ2n) is 3.76. The molecule has 1 aromatic carbocycles. The summed E-state index contributed by atoms with van der Waals surface area (Å²) in [6, 6.07) is 5.95. The predicted molar refractivity (Wildman–Crippen MR) is 61.5 cm³/mol. The van der Waals surface area contributed by atoms with Crippen molar-refractivity contribution in [2.24, 2.45) is 0 Å². The van der Waals surface area contributed by atoms with Gasteiger partial charge < -0.3 is 5.11 Å². The van der Waals surface area contributed by atoms with Gasteiger partial charge in [-0.25, -0.2) is 0 Å². The quantitative estimate of drug-likeness (QED) is 0.781. The summed E-state index contributed by atoms with van der Waals surface area (Å²) in [7, 11) is -3.42. The Morgan fingerprint density at radius 2 is 1.69 bits per heavy atom. The summed E-state index contributed by atoms with van der Waals surface area (Å²) in [5.41, 5.74) is 0.463. The number of hydrogen-bond donors (Lipinski definition) is 2. The van der Waals surface area contributed by atoms with E-state index < -0.39 is 10.2 Å². The number of anilines is 1. The minimum absolute atomic E-state index is 0.115. The highest BCUT2D eigenvalue weighted by Crippen LogP contribution is 2.18. The maximum Gasteiger partial charge on any atom is 0.301 e. The normalized spacial score (nSPS) is 17.5. The topological polar surface area (TPSA) is 69.6 Å². The molecule has 0 spiro atoms. The summed E-state index contributed by atoms with van der Waals surface area (Å²) in [6.45, 7) is 1.15. The van der Waals surface area contributed by atoms with E-state index in [0.717, 1.165) is 12.8 Å². The lowest BCUT2D eigenvalue weighted by Crippen LogP contribution is -2.33. The standard InChI is InChI=1S/C10H14N2O3S/c13-10-5-3-9(4-6-10)11-16(14,15)12-7-1-2-8-12/h3-6,11,13H,1-2,7-8H2. The number of benzene rings is 1. The molecule has 16 heavy (non-hydrogen) atoms. The Balaban J connectivity index is 2.11. The van der Waals surface area contributed by atoms with Gasteiger partial charge in [0.2, 0.25) is 0 Å². The van der Waals surface area contributed by atoms with Crippen molar-refractivity contribution < 1.29 is 13.5 Å². The highest BCUT2D eigenvalue weighted by atomic mass is 32.2. The van der Waals surface area contributed by atoms with Crippen molar-refractivity contribution in [2.45, 2.75) is 12.8 Å². The van der Waals surface area contributed by atoms with Gasteiger partial charge in [0.05, 0.1) is 5.69 Å². The van der Waals surface area contributed by atoms with Crippen LogP contribution in [0.3, 0.4) is 0 Å². The Kier molecular flexibility index (Phi) is 3.02. The molecule has 1 heterocycles. The van der Waals surface area contributed by atoms with Crippen LogP contribution in [0.2, 0.25) is 0 Å². The summed E-state index contributed by atoms with van der Waals surface area (Å²) in [5, 5.41) is 9.08. The van der Waals surface area contributed by atoms with Crippen LogP contribution in [0.1, 0.15) is 12.8 Å². The fraction of sp³-hybridized carbons (Fsp3) is 0.400. The molecule has 2 N–H and O–H groups in total. The van der Waals surface area contributed by atoms with Gasteiger partial charge >= 0.3 is 10.2 Å². The Hall–Kier alpha value is -1.27. The largest absolute Gasteiger partial charge is 0.508 e. The molecule has 0 radical (unpaired) electrons. The maximum atomic E-state index is 11.8. The van der Waals surface area contributed by atoms with E-state index in [-0.39, 0.29) is 5.75 Å². The molecule has 0 atom stereocenters. The fourth-order valence-corrected chi connectivity index (χ4v) is 2.97. The van der Waals surface area contributed by atoms with Crippen LogP contribution in [-0.2, 0) is 10.2 Å². The molecule has 1 aromatic rings. The minimum Gasteiger partial charge on any atom is -0.508 e. The van der Waals surface area contributed by atoms with Crippen LogP contribution in [0.25, 0.3) is 0 Å². The second kappa shape index (κ2) is 4.31.